The van der Waals surface area contributed by atoms with Crippen LogP contribution in [0.25, 0.3) is 0 Å². The smallest absolute Gasteiger partial charge is 0.229 e. The topological polar surface area (TPSA) is 49.8 Å². The van der Waals surface area contributed by atoms with E-state index in [2.05, 4.69) is 26.7 Å². The Hall–Kier alpha value is -2.07. The second kappa shape index (κ2) is 7.97. The highest BCUT2D eigenvalue weighted by Gasteiger charge is 2.04. The molecule has 0 amide bonds. The van der Waals surface area contributed by atoms with Crippen LogP contribution in [0.15, 0.2) is 48.2 Å². The molecule has 0 atom stereocenters. The molecular weight excluding hydrogens is 308 g/mol. The molecule has 0 unspecified atom stereocenters. The van der Waals surface area contributed by atoms with E-state index in [1.165, 1.54) is 25.7 Å². The number of hydrogen-bond donors (Lipinski definition) is 2. The van der Waals surface area contributed by atoms with Gasteiger partial charge in [-0.3, -0.25) is 0 Å². The maximum absolute atomic E-state index is 5.89. The van der Waals surface area contributed by atoms with E-state index in [1.54, 1.807) is 11.8 Å². The average Bonchev–Trinajstić information content (AvgIpc) is 2.58. The number of allylic oxidation sites excluding steroid dienone is 1. The summed E-state index contributed by atoms with van der Waals surface area (Å²) in [6.07, 6.45) is 10.4. The number of hydrogen-bond acceptors (Lipinski definition) is 4. The molecule has 0 aliphatic heterocycles. The van der Waals surface area contributed by atoms with Crippen LogP contribution in [-0.4, -0.2) is 16.5 Å². The zero-order valence-corrected chi connectivity index (χ0v) is 13.8. The Bertz CT molecular complexity index is 667. The number of benzene rings is 1. The maximum Gasteiger partial charge on any atom is 0.229 e. The van der Waals surface area contributed by atoms with Crippen molar-refractivity contribution >= 4 is 29.1 Å². The molecule has 2 aromatic rings. The number of halogens is 1. The van der Waals surface area contributed by atoms with Gasteiger partial charge in [0.15, 0.2) is 0 Å². The third-order valence-corrected chi connectivity index (χ3v) is 4.15. The van der Waals surface area contributed by atoms with E-state index in [1.807, 2.05) is 30.3 Å². The van der Waals surface area contributed by atoms with Crippen molar-refractivity contribution in [1.82, 2.24) is 9.97 Å². The van der Waals surface area contributed by atoms with Gasteiger partial charge in [0, 0.05) is 23.5 Å². The summed E-state index contributed by atoms with van der Waals surface area (Å²) in [4.78, 5) is 8.74. The van der Waals surface area contributed by atoms with E-state index < -0.39 is 0 Å². The largest absolute Gasteiger partial charge is 0.370 e. The Morgan fingerprint density at radius 1 is 1.09 bits per heavy atom. The quantitative estimate of drug-likeness (QED) is 0.718. The Kier molecular flexibility index (Phi) is 5.48. The number of nitrogens with zero attached hydrogens (tertiary/aromatic N) is 2. The van der Waals surface area contributed by atoms with Crippen molar-refractivity contribution < 1.29 is 0 Å². The molecule has 1 heterocycles. The molecule has 4 nitrogen and oxygen atoms in total. The van der Waals surface area contributed by atoms with Gasteiger partial charge < -0.3 is 10.6 Å². The van der Waals surface area contributed by atoms with Crippen molar-refractivity contribution in [3.05, 3.63) is 53.2 Å². The summed E-state index contributed by atoms with van der Waals surface area (Å²) in [6.45, 7) is 0.906. The Labute approximate surface area is 142 Å². The highest BCUT2D eigenvalue weighted by molar-refractivity contribution is 6.30. The SMILES string of the molecule is Clc1ccc(Nc2nccc(NCCC3=CCCCC3)n2)cc1. The molecule has 23 heavy (non-hydrogen) atoms. The molecule has 1 aromatic heterocycles. The van der Waals surface area contributed by atoms with Gasteiger partial charge in [0.2, 0.25) is 5.95 Å². The normalized spacial score (nSPS) is 14.2. The molecule has 3 rings (SSSR count). The van der Waals surface area contributed by atoms with E-state index in [9.17, 15) is 0 Å². The summed E-state index contributed by atoms with van der Waals surface area (Å²) in [7, 11) is 0. The van der Waals surface area contributed by atoms with Gasteiger partial charge in [0.1, 0.15) is 5.82 Å². The lowest BCUT2D eigenvalue weighted by Crippen LogP contribution is -2.07. The fourth-order valence-electron chi connectivity index (χ4n) is 2.66. The molecular formula is C18H21ClN4. The van der Waals surface area contributed by atoms with Crippen LogP contribution in [0.1, 0.15) is 32.1 Å². The molecule has 2 N–H and O–H groups in total. The Morgan fingerprint density at radius 3 is 2.74 bits per heavy atom. The number of nitrogens with one attached hydrogen (secondary N) is 2. The lowest BCUT2D eigenvalue weighted by molar-refractivity contribution is 0.679. The fraction of sp³-hybridized carbons (Fsp3) is 0.333. The molecule has 120 valence electrons. The second-order valence-electron chi connectivity index (χ2n) is 5.68. The number of aromatic nitrogens is 2. The van der Waals surface area contributed by atoms with Crippen molar-refractivity contribution in [2.45, 2.75) is 32.1 Å². The van der Waals surface area contributed by atoms with Gasteiger partial charge in [-0.05, 0) is 62.4 Å². The molecule has 0 saturated carbocycles. The first-order valence-corrected chi connectivity index (χ1v) is 8.45. The molecule has 0 spiro atoms. The lowest BCUT2D eigenvalue weighted by Gasteiger charge is -2.13. The molecule has 0 bridgehead atoms. The van der Waals surface area contributed by atoms with Gasteiger partial charge in [-0.1, -0.05) is 23.3 Å². The van der Waals surface area contributed by atoms with Crippen molar-refractivity contribution in [2.75, 3.05) is 17.2 Å². The minimum Gasteiger partial charge on any atom is -0.370 e. The zero-order chi connectivity index (χ0) is 15.9. The first-order valence-electron chi connectivity index (χ1n) is 8.07. The average molecular weight is 329 g/mol. The second-order valence-corrected chi connectivity index (χ2v) is 6.12. The predicted octanol–water partition coefficient (Wildman–Crippen LogP) is 5.18. The van der Waals surface area contributed by atoms with Gasteiger partial charge in [0.25, 0.3) is 0 Å². The molecule has 0 fully saturated rings. The third-order valence-electron chi connectivity index (χ3n) is 3.89. The molecule has 1 aliphatic carbocycles. The van der Waals surface area contributed by atoms with Gasteiger partial charge in [0.05, 0.1) is 0 Å². The Morgan fingerprint density at radius 2 is 1.96 bits per heavy atom. The standard InChI is InChI=1S/C18H21ClN4/c19-15-6-8-16(9-7-15)22-18-21-13-11-17(23-18)20-12-10-14-4-2-1-3-5-14/h4,6-9,11,13H,1-3,5,10,12H2,(H2,20,21,22,23). The first-order chi connectivity index (χ1) is 11.3. The van der Waals surface area contributed by atoms with Crippen molar-refractivity contribution in [3.8, 4) is 0 Å². The monoisotopic (exact) mass is 328 g/mol. The third kappa shape index (κ3) is 4.96. The zero-order valence-electron chi connectivity index (χ0n) is 13.1. The van der Waals surface area contributed by atoms with Crippen LogP contribution in [0.4, 0.5) is 17.5 Å². The lowest BCUT2D eigenvalue weighted by atomic mass is 9.97. The number of rotatable bonds is 6. The van der Waals surface area contributed by atoms with Crippen LogP contribution in [0, 0.1) is 0 Å². The van der Waals surface area contributed by atoms with Crippen LogP contribution in [0.2, 0.25) is 5.02 Å². The molecule has 0 saturated heterocycles. The summed E-state index contributed by atoms with van der Waals surface area (Å²) >= 11 is 5.89. The minimum atomic E-state index is 0.578. The fourth-order valence-corrected chi connectivity index (χ4v) is 2.79. The number of anilines is 3. The van der Waals surface area contributed by atoms with Crippen LogP contribution in [0.3, 0.4) is 0 Å². The highest BCUT2D eigenvalue weighted by atomic mass is 35.5. The van der Waals surface area contributed by atoms with E-state index in [0.717, 1.165) is 24.5 Å². The van der Waals surface area contributed by atoms with Gasteiger partial charge in [-0.25, -0.2) is 4.98 Å². The Balaban J connectivity index is 1.54. The van der Waals surface area contributed by atoms with Crippen LogP contribution in [0.5, 0.6) is 0 Å². The molecule has 1 aromatic carbocycles. The maximum atomic E-state index is 5.89. The van der Waals surface area contributed by atoms with Crippen molar-refractivity contribution in [2.24, 2.45) is 0 Å². The summed E-state index contributed by atoms with van der Waals surface area (Å²) in [6, 6.07) is 9.37. The van der Waals surface area contributed by atoms with Crippen LogP contribution < -0.4 is 10.6 Å². The highest BCUT2D eigenvalue weighted by Crippen LogP contribution is 2.20. The molecule has 5 heteroatoms. The minimum absolute atomic E-state index is 0.578. The van der Waals surface area contributed by atoms with E-state index >= 15 is 0 Å². The molecule has 0 radical (unpaired) electrons. The van der Waals surface area contributed by atoms with Crippen molar-refractivity contribution in [3.63, 3.8) is 0 Å². The summed E-state index contributed by atoms with van der Waals surface area (Å²) in [5.74, 6) is 1.42. The first kappa shape index (κ1) is 15.8. The van der Waals surface area contributed by atoms with Gasteiger partial charge in [-0.15, -0.1) is 0 Å². The van der Waals surface area contributed by atoms with Crippen molar-refractivity contribution in [1.29, 1.82) is 0 Å². The van der Waals surface area contributed by atoms with E-state index in [4.69, 9.17) is 11.6 Å². The summed E-state index contributed by atoms with van der Waals surface area (Å²) in [5.41, 5.74) is 2.48. The van der Waals surface area contributed by atoms with E-state index in [0.29, 0.717) is 11.0 Å². The summed E-state index contributed by atoms with van der Waals surface area (Å²) in [5, 5.41) is 7.27. The van der Waals surface area contributed by atoms with Crippen LogP contribution in [-0.2, 0) is 0 Å². The summed E-state index contributed by atoms with van der Waals surface area (Å²) < 4.78 is 0. The van der Waals surface area contributed by atoms with Crippen LogP contribution >= 0.6 is 11.6 Å². The molecule has 1 aliphatic rings. The van der Waals surface area contributed by atoms with E-state index in [-0.39, 0.29) is 0 Å². The van der Waals surface area contributed by atoms with Gasteiger partial charge >= 0.3 is 0 Å². The van der Waals surface area contributed by atoms with Gasteiger partial charge in [-0.2, -0.15) is 4.98 Å². The predicted molar refractivity (Wildman–Crippen MR) is 96.4 cm³/mol.